The van der Waals surface area contributed by atoms with Gasteiger partial charge in [0.05, 0.1) is 7.11 Å². The smallest absolute Gasteiger partial charge is 0.185 e. The van der Waals surface area contributed by atoms with Gasteiger partial charge in [-0.1, -0.05) is 30.3 Å². The van der Waals surface area contributed by atoms with Gasteiger partial charge in [-0.2, -0.15) is 0 Å². The molecule has 31 heavy (non-hydrogen) atoms. The number of allylic oxidation sites excluding steroid dienone is 1. The predicted octanol–water partition coefficient (Wildman–Crippen LogP) is 5.25. The molecule has 1 aliphatic heterocycles. The summed E-state index contributed by atoms with van der Waals surface area (Å²) in [4.78, 5) is 12.6. The molecule has 0 radical (unpaired) electrons. The Bertz CT molecular complexity index is 1120. The maximum absolute atomic E-state index is 12.6. The Hall–Kier alpha value is -3.73. The molecule has 3 aromatic rings. The van der Waals surface area contributed by atoms with Crippen LogP contribution in [0.3, 0.4) is 0 Å². The van der Waals surface area contributed by atoms with Crippen molar-refractivity contribution in [2.45, 2.75) is 13.5 Å². The Morgan fingerprint density at radius 2 is 1.77 bits per heavy atom. The van der Waals surface area contributed by atoms with Gasteiger partial charge in [-0.25, -0.2) is 0 Å². The average Bonchev–Trinajstić information content (AvgIpc) is 2.81. The molecule has 1 aliphatic rings. The van der Waals surface area contributed by atoms with Crippen molar-refractivity contribution in [1.82, 2.24) is 0 Å². The Labute approximate surface area is 181 Å². The van der Waals surface area contributed by atoms with E-state index in [2.05, 4.69) is 0 Å². The summed E-state index contributed by atoms with van der Waals surface area (Å²) in [5.74, 6) is 2.74. The first-order chi connectivity index (χ1) is 15.1. The van der Waals surface area contributed by atoms with Crippen molar-refractivity contribution in [3.8, 4) is 23.0 Å². The summed E-state index contributed by atoms with van der Waals surface area (Å²) < 4.78 is 22.5. The van der Waals surface area contributed by atoms with E-state index < -0.39 is 0 Å². The fourth-order valence-corrected chi connectivity index (χ4v) is 3.35. The third-order valence-electron chi connectivity index (χ3n) is 5.04. The molecule has 0 saturated carbocycles. The van der Waals surface area contributed by atoms with Crippen LogP contribution in [0.1, 0.15) is 27.0 Å². The molecule has 0 fully saturated rings. The van der Waals surface area contributed by atoms with Gasteiger partial charge in [-0.3, -0.25) is 4.79 Å². The fraction of sp³-hybridized carbons (Fsp3) is 0.192. The zero-order valence-corrected chi connectivity index (χ0v) is 17.6. The summed E-state index contributed by atoms with van der Waals surface area (Å²) in [6.07, 6.45) is 3.34. The van der Waals surface area contributed by atoms with Crippen LogP contribution in [0.5, 0.6) is 23.0 Å². The van der Waals surface area contributed by atoms with Crippen molar-refractivity contribution in [2.75, 3.05) is 20.3 Å². The van der Waals surface area contributed by atoms with E-state index in [-0.39, 0.29) is 5.78 Å². The monoisotopic (exact) mass is 416 g/mol. The minimum atomic E-state index is -0.106. The Balaban J connectivity index is 1.49. The number of ether oxygens (including phenoxy) is 4. The SMILES string of the molecule is COc1ccc(/C=C/C(=O)c2ccc3c(c2)OCCO3)cc1COc1ccccc1C. The first-order valence-corrected chi connectivity index (χ1v) is 10.1. The highest BCUT2D eigenvalue weighted by atomic mass is 16.6. The van der Waals surface area contributed by atoms with E-state index in [1.165, 1.54) is 0 Å². The van der Waals surface area contributed by atoms with Crippen molar-refractivity contribution >= 4 is 11.9 Å². The number of carbonyl (C=O) groups excluding carboxylic acids is 1. The highest BCUT2D eigenvalue weighted by molar-refractivity contribution is 6.07. The summed E-state index contributed by atoms with van der Waals surface area (Å²) in [6, 6.07) is 18.9. The highest BCUT2D eigenvalue weighted by Crippen LogP contribution is 2.31. The maximum atomic E-state index is 12.6. The van der Waals surface area contributed by atoms with Gasteiger partial charge in [0.1, 0.15) is 31.3 Å². The lowest BCUT2D eigenvalue weighted by atomic mass is 10.1. The van der Waals surface area contributed by atoms with Crippen LogP contribution in [0.25, 0.3) is 6.08 Å². The van der Waals surface area contributed by atoms with Gasteiger partial charge in [0.15, 0.2) is 17.3 Å². The number of hydrogen-bond donors (Lipinski definition) is 0. The number of aryl methyl sites for hydroxylation is 1. The second-order valence-corrected chi connectivity index (χ2v) is 7.18. The Morgan fingerprint density at radius 3 is 2.58 bits per heavy atom. The van der Waals surface area contributed by atoms with Gasteiger partial charge in [-0.05, 0) is 60.5 Å². The summed E-state index contributed by atoms with van der Waals surface area (Å²) in [5.41, 5.74) is 3.41. The minimum absolute atomic E-state index is 0.106. The molecule has 0 spiro atoms. The molecule has 0 saturated heterocycles. The summed E-state index contributed by atoms with van der Waals surface area (Å²) >= 11 is 0. The maximum Gasteiger partial charge on any atom is 0.185 e. The molecular weight excluding hydrogens is 392 g/mol. The number of methoxy groups -OCH3 is 1. The lowest BCUT2D eigenvalue weighted by molar-refractivity contribution is 0.104. The molecule has 5 nitrogen and oxygen atoms in total. The van der Waals surface area contributed by atoms with Crippen LogP contribution in [-0.4, -0.2) is 26.1 Å². The van der Waals surface area contributed by atoms with Crippen LogP contribution in [0, 0.1) is 6.92 Å². The van der Waals surface area contributed by atoms with Crippen LogP contribution in [-0.2, 0) is 6.61 Å². The zero-order chi connectivity index (χ0) is 21.6. The van der Waals surface area contributed by atoms with E-state index in [0.29, 0.717) is 36.9 Å². The van der Waals surface area contributed by atoms with E-state index in [1.54, 1.807) is 37.5 Å². The molecule has 3 aromatic carbocycles. The van der Waals surface area contributed by atoms with Crippen molar-refractivity contribution in [3.05, 3.63) is 89.0 Å². The number of hydrogen-bond acceptors (Lipinski definition) is 5. The summed E-state index contributed by atoms with van der Waals surface area (Å²) in [6.45, 7) is 3.38. The van der Waals surface area contributed by atoms with Crippen LogP contribution < -0.4 is 18.9 Å². The van der Waals surface area contributed by atoms with Crippen molar-refractivity contribution in [3.63, 3.8) is 0 Å². The molecule has 5 heteroatoms. The van der Waals surface area contributed by atoms with E-state index in [9.17, 15) is 4.79 Å². The van der Waals surface area contributed by atoms with Gasteiger partial charge >= 0.3 is 0 Å². The molecule has 0 atom stereocenters. The first kappa shape index (κ1) is 20.5. The largest absolute Gasteiger partial charge is 0.496 e. The molecule has 0 amide bonds. The van der Waals surface area contributed by atoms with Crippen LogP contribution in [0.2, 0.25) is 0 Å². The third-order valence-corrected chi connectivity index (χ3v) is 5.04. The molecule has 158 valence electrons. The molecule has 0 aromatic heterocycles. The number of carbonyl (C=O) groups is 1. The zero-order valence-electron chi connectivity index (χ0n) is 17.6. The van der Waals surface area contributed by atoms with E-state index >= 15 is 0 Å². The van der Waals surface area contributed by atoms with Gasteiger partial charge in [0, 0.05) is 11.1 Å². The fourth-order valence-electron chi connectivity index (χ4n) is 3.35. The lowest BCUT2D eigenvalue weighted by Crippen LogP contribution is -2.15. The van der Waals surface area contributed by atoms with Crippen molar-refractivity contribution < 1.29 is 23.7 Å². The molecule has 1 heterocycles. The minimum Gasteiger partial charge on any atom is -0.496 e. The second kappa shape index (κ2) is 9.39. The van der Waals surface area contributed by atoms with Gasteiger partial charge in [-0.15, -0.1) is 0 Å². The second-order valence-electron chi connectivity index (χ2n) is 7.18. The number of ketones is 1. The standard InChI is InChI=1S/C26H24O5/c1-18-5-3-4-6-23(18)31-17-21-15-19(8-11-24(21)28-2)7-10-22(27)20-9-12-25-26(16-20)30-14-13-29-25/h3-12,15-16H,13-14,17H2,1-2H3/b10-7+. The van der Waals surface area contributed by atoms with E-state index in [1.807, 2.05) is 49.4 Å². The molecule has 4 rings (SSSR count). The van der Waals surface area contributed by atoms with Crippen molar-refractivity contribution in [2.24, 2.45) is 0 Å². The van der Waals surface area contributed by atoms with Crippen molar-refractivity contribution in [1.29, 1.82) is 0 Å². The quantitative estimate of drug-likeness (QED) is 0.389. The van der Waals surface area contributed by atoms with Crippen LogP contribution in [0.15, 0.2) is 66.7 Å². The Kier molecular flexibility index (Phi) is 6.22. The van der Waals surface area contributed by atoms with Gasteiger partial charge in [0.2, 0.25) is 0 Å². The third kappa shape index (κ3) is 4.89. The Morgan fingerprint density at radius 1 is 0.968 bits per heavy atom. The first-order valence-electron chi connectivity index (χ1n) is 10.1. The number of para-hydroxylation sites is 1. The number of benzene rings is 3. The van der Waals surface area contributed by atoms with Gasteiger partial charge in [0.25, 0.3) is 0 Å². The number of rotatable bonds is 7. The summed E-state index contributed by atoms with van der Waals surface area (Å²) in [5, 5.41) is 0. The highest BCUT2D eigenvalue weighted by Gasteiger charge is 2.14. The normalized spacial score (nSPS) is 12.6. The number of fused-ring (bicyclic) bond motifs is 1. The molecular formula is C26H24O5. The van der Waals surface area contributed by atoms with E-state index in [4.69, 9.17) is 18.9 Å². The lowest BCUT2D eigenvalue weighted by Gasteiger charge is -2.18. The predicted molar refractivity (Wildman–Crippen MR) is 119 cm³/mol. The van der Waals surface area contributed by atoms with Crippen LogP contribution in [0.4, 0.5) is 0 Å². The molecule has 0 aliphatic carbocycles. The van der Waals surface area contributed by atoms with E-state index in [0.717, 1.165) is 28.2 Å². The topological polar surface area (TPSA) is 54.0 Å². The van der Waals surface area contributed by atoms with Crippen LogP contribution >= 0.6 is 0 Å². The molecule has 0 bridgehead atoms. The molecule has 0 N–H and O–H groups in total. The average molecular weight is 416 g/mol. The van der Waals surface area contributed by atoms with Gasteiger partial charge < -0.3 is 18.9 Å². The molecule has 0 unspecified atom stereocenters. The summed E-state index contributed by atoms with van der Waals surface area (Å²) in [7, 11) is 1.63.